The Morgan fingerprint density at radius 2 is 1.52 bits per heavy atom. The highest BCUT2D eigenvalue weighted by Crippen LogP contribution is 2.34. The quantitative estimate of drug-likeness (QED) is 0.430. The number of halogens is 1. The molecule has 0 fully saturated rings. The van der Waals surface area contributed by atoms with E-state index in [4.69, 9.17) is 21.6 Å². The van der Waals surface area contributed by atoms with Gasteiger partial charge in [0.1, 0.15) is 0 Å². The molecule has 0 aliphatic heterocycles. The molecule has 25 heavy (non-hydrogen) atoms. The van der Waals surface area contributed by atoms with Crippen LogP contribution in [0.15, 0.2) is 66.7 Å². The summed E-state index contributed by atoms with van der Waals surface area (Å²) in [5, 5.41) is 1.56. The molecule has 122 valence electrons. The van der Waals surface area contributed by atoms with Crippen molar-refractivity contribution in [2.75, 3.05) is 0 Å². The summed E-state index contributed by atoms with van der Waals surface area (Å²) in [5.41, 5.74) is 6.18. The standard InChI is InChI=1S/C22H17ClN2/c1-14-10-12-16(13-11-14)21-20-18(23)8-5-9-19(20)24-22(25-21)17-7-4-3-6-15(17)2/h3-13H,1-2H3. The topological polar surface area (TPSA) is 25.8 Å². The van der Waals surface area contributed by atoms with Gasteiger partial charge in [-0.05, 0) is 31.5 Å². The molecule has 4 aromatic rings. The van der Waals surface area contributed by atoms with E-state index in [1.165, 1.54) is 5.56 Å². The molecule has 1 aromatic heterocycles. The molecule has 0 aliphatic rings. The van der Waals surface area contributed by atoms with Crippen LogP contribution >= 0.6 is 11.6 Å². The van der Waals surface area contributed by atoms with Crippen LogP contribution in [0.4, 0.5) is 0 Å². The molecule has 0 saturated carbocycles. The highest BCUT2D eigenvalue weighted by Gasteiger charge is 2.14. The predicted molar refractivity (Wildman–Crippen MR) is 105 cm³/mol. The van der Waals surface area contributed by atoms with E-state index >= 15 is 0 Å². The van der Waals surface area contributed by atoms with Crippen LogP contribution in [0.25, 0.3) is 33.5 Å². The van der Waals surface area contributed by atoms with E-state index in [0.29, 0.717) is 5.02 Å². The van der Waals surface area contributed by atoms with Crippen LogP contribution in [0.2, 0.25) is 5.02 Å². The van der Waals surface area contributed by atoms with E-state index in [1.54, 1.807) is 0 Å². The Morgan fingerprint density at radius 3 is 2.28 bits per heavy atom. The maximum atomic E-state index is 6.49. The van der Waals surface area contributed by atoms with Crippen molar-refractivity contribution in [3.63, 3.8) is 0 Å². The number of fused-ring (bicyclic) bond motifs is 1. The summed E-state index contributed by atoms with van der Waals surface area (Å²) in [6.45, 7) is 4.15. The molecule has 4 rings (SSSR count). The van der Waals surface area contributed by atoms with E-state index in [0.717, 1.165) is 39.1 Å². The molecular formula is C22H17ClN2. The van der Waals surface area contributed by atoms with Crippen molar-refractivity contribution in [3.8, 4) is 22.6 Å². The maximum Gasteiger partial charge on any atom is 0.160 e. The lowest BCUT2D eigenvalue weighted by molar-refractivity contribution is 1.22. The van der Waals surface area contributed by atoms with Gasteiger partial charge in [0.25, 0.3) is 0 Å². The first-order valence-electron chi connectivity index (χ1n) is 8.23. The fraction of sp³-hybridized carbons (Fsp3) is 0.0909. The Kier molecular flexibility index (Phi) is 3.98. The van der Waals surface area contributed by atoms with Gasteiger partial charge in [0.2, 0.25) is 0 Å². The highest BCUT2D eigenvalue weighted by molar-refractivity contribution is 6.36. The van der Waals surface area contributed by atoms with Crippen LogP contribution in [0.3, 0.4) is 0 Å². The van der Waals surface area contributed by atoms with Crippen molar-refractivity contribution in [1.82, 2.24) is 9.97 Å². The molecule has 0 radical (unpaired) electrons. The number of benzene rings is 3. The van der Waals surface area contributed by atoms with Crippen LogP contribution in [0.1, 0.15) is 11.1 Å². The second-order valence-corrected chi connectivity index (χ2v) is 6.62. The normalized spacial score (nSPS) is 11.0. The zero-order valence-corrected chi connectivity index (χ0v) is 14.9. The Balaban J connectivity index is 2.05. The number of hydrogen-bond acceptors (Lipinski definition) is 2. The molecule has 2 nitrogen and oxygen atoms in total. The first-order chi connectivity index (χ1) is 12.1. The molecule has 1 heterocycles. The third-order valence-electron chi connectivity index (χ3n) is 4.38. The third-order valence-corrected chi connectivity index (χ3v) is 4.70. The molecule has 0 spiro atoms. The van der Waals surface area contributed by atoms with Crippen molar-refractivity contribution < 1.29 is 0 Å². The second-order valence-electron chi connectivity index (χ2n) is 6.21. The van der Waals surface area contributed by atoms with Crippen molar-refractivity contribution in [2.45, 2.75) is 13.8 Å². The predicted octanol–water partition coefficient (Wildman–Crippen LogP) is 6.23. The zero-order chi connectivity index (χ0) is 17.4. The first-order valence-corrected chi connectivity index (χ1v) is 8.60. The van der Waals surface area contributed by atoms with Gasteiger partial charge in [-0.2, -0.15) is 0 Å². The fourth-order valence-electron chi connectivity index (χ4n) is 3.01. The lowest BCUT2D eigenvalue weighted by Crippen LogP contribution is -1.97. The van der Waals surface area contributed by atoms with E-state index in [1.807, 2.05) is 30.3 Å². The summed E-state index contributed by atoms with van der Waals surface area (Å²) in [5.74, 6) is 0.725. The average Bonchev–Trinajstić information content (AvgIpc) is 2.62. The fourth-order valence-corrected chi connectivity index (χ4v) is 3.26. The summed E-state index contributed by atoms with van der Waals surface area (Å²) in [7, 11) is 0. The summed E-state index contributed by atoms with van der Waals surface area (Å²) >= 11 is 6.49. The minimum Gasteiger partial charge on any atom is -0.228 e. The Morgan fingerprint density at radius 1 is 0.760 bits per heavy atom. The summed E-state index contributed by atoms with van der Waals surface area (Å²) in [6, 6.07) is 22.3. The summed E-state index contributed by atoms with van der Waals surface area (Å²) in [4.78, 5) is 9.67. The van der Waals surface area contributed by atoms with Gasteiger partial charge in [0.05, 0.1) is 16.2 Å². The van der Waals surface area contributed by atoms with Gasteiger partial charge in [-0.15, -0.1) is 0 Å². The zero-order valence-electron chi connectivity index (χ0n) is 14.1. The Bertz CT molecular complexity index is 1070. The molecule has 0 bridgehead atoms. The van der Waals surface area contributed by atoms with Gasteiger partial charge in [-0.1, -0.05) is 71.8 Å². The highest BCUT2D eigenvalue weighted by atomic mass is 35.5. The number of aromatic nitrogens is 2. The summed E-state index contributed by atoms with van der Waals surface area (Å²) in [6.07, 6.45) is 0. The van der Waals surface area contributed by atoms with E-state index < -0.39 is 0 Å². The van der Waals surface area contributed by atoms with Crippen molar-refractivity contribution in [1.29, 1.82) is 0 Å². The van der Waals surface area contributed by atoms with Gasteiger partial charge in [-0.3, -0.25) is 0 Å². The second kappa shape index (κ2) is 6.30. The first kappa shape index (κ1) is 15.8. The monoisotopic (exact) mass is 344 g/mol. The van der Waals surface area contributed by atoms with Crippen LogP contribution in [-0.4, -0.2) is 9.97 Å². The van der Waals surface area contributed by atoms with E-state index in [-0.39, 0.29) is 0 Å². The van der Waals surface area contributed by atoms with Crippen LogP contribution in [0, 0.1) is 13.8 Å². The van der Waals surface area contributed by atoms with Crippen LogP contribution in [0.5, 0.6) is 0 Å². The third kappa shape index (κ3) is 2.90. The number of nitrogens with zero attached hydrogens (tertiary/aromatic N) is 2. The minimum atomic E-state index is 0.671. The van der Waals surface area contributed by atoms with Gasteiger partial charge in [0, 0.05) is 16.5 Å². The smallest absolute Gasteiger partial charge is 0.160 e. The van der Waals surface area contributed by atoms with Crippen LogP contribution in [-0.2, 0) is 0 Å². The van der Waals surface area contributed by atoms with E-state index in [9.17, 15) is 0 Å². The molecule has 0 N–H and O–H groups in total. The molecule has 3 heteroatoms. The number of rotatable bonds is 2. The summed E-state index contributed by atoms with van der Waals surface area (Å²) < 4.78 is 0. The number of hydrogen-bond donors (Lipinski definition) is 0. The lowest BCUT2D eigenvalue weighted by Gasteiger charge is -2.12. The number of aryl methyl sites for hydroxylation is 2. The van der Waals surface area contributed by atoms with Gasteiger partial charge < -0.3 is 0 Å². The van der Waals surface area contributed by atoms with Crippen molar-refractivity contribution in [3.05, 3.63) is 82.9 Å². The van der Waals surface area contributed by atoms with Crippen molar-refractivity contribution in [2.24, 2.45) is 0 Å². The molecule has 0 unspecified atom stereocenters. The molecule has 0 amide bonds. The van der Waals surface area contributed by atoms with Crippen molar-refractivity contribution >= 4 is 22.5 Å². The lowest BCUT2D eigenvalue weighted by atomic mass is 10.0. The van der Waals surface area contributed by atoms with Crippen LogP contribution < -0.4 is 0 Å². The molecule has 3 aromatic carbocycles. The molecule has 0 aliphatic carbocycles. The average molecular weight is 345 g/mol. The van der Waals surface area contributed by atoms with E-state index in [2.05, 4.69) is 50.2 Å². The van der Waals surface area contributed by atoms with Gasteiger partial charge in [-0.25, -0.2) is 9.97 Å². The SMILES string of the molecule is Cc1ccc(-c2nc(-c3ccccc3C)nc3cccc(Cl)c23)cc1. The molecule has 0 atom stereocenters. The Hall–Kier alpha value is -2.71. The van der Waals surface area contributed by atoms with Gasteiger partial charge >= 0.3 is 0 Å². The largest absolute Gasteiger partial charge is 0.228 e. The molecule has 0 saturated heterocycles. The minimum absolute atomic E-state index is 0.671. The van der Waals surface area contributed by atoms with Gasteiger partial charge in [0.15, 0.2) is 5.82 Å². The molecular weight excluding hydrogens is 328 g/mol. The maximum absolute atomic E-state index is 6.49. The Labute approximate surface area is 152 Å².